The van der Waals surface area contributed by atoms with E-state index in [2.05, 4.69) is 15.7 Å². The molecule has 0 bridgehead atoms. The van der Waals surface area contributed by atoms with E-state index in [4.69, 9.17) is 5.84 Å². The Morgan fingerprint density at radius 2 is 2.35 bits per heavy atom. The van der Waals surface area contributed by atoms with E-state index in [-0.39, 0.29) is 5.91 Å². The maximum atomic E-state index is 11.7. The molecule has 4 N–H and O–H groups in total. The van der Waals surface area contributed by atoms with Crippen LogP contribution in [0, 0.1) is 0 Å². The molecule has 94 valence electrons. The summed E-state index contributed by atoms with van der Waals surface area (Å²) in [5.74, 6) is 6.05. The quantitative estimate of drug-likeness (QED) is 0.486. The minimum Gasteiger partial charge on any atom is -0.351 e. The summed E-state index contributed by atoms with van der Waals surface area (Å²) in [6, 6.07) is 1.61. The lowest BCUT2D eigenvalue weighted by atomic mass is 10.2. The fraction of sp³-hybridized carbons (Fsp3) is 0.400. The molecular formula is C10H16N4O2S. The van der Waals surface area contributed by atoms with Crippen LogP contribution in [0.15, 0.2) is 18.5 Å². The number of nitrogens with one attached hydrogen (secondary N) is 2. The first-order chi connectivity index (χ1) is 8.19. The smallest absolute Gasteiger partial charge is 0.255 e. The lowest BCUT2D eigenvalue weighted by molar-refractivity contribution is 0.0956. The minimum atomic E-state index is -0.878. The highest BCUT2D eigenvalue weighted by atomic mass is 32.2. The summed E-state index contributed by atoms with van der Waals surface area (Å²) in [7, 11) is -0.878. The van der Waals surface area contributed by atoms with Crippen molar-refractivity contribution in [2.75, 3.05) is 23.5 Å². The highest BCUT2D eigenvalue weighted by Crippen LogP contribution is 2.11. The summed E-state index contributed by atoms with van der Waals surface area (Å²) in [6.07, 6.45) is 2.97. The van der Waals surface area contributed by atoms with E-state index in [1.54, 1.807) is 6.07 Å². The maximum absolute atomic E-state index is 11.7. The molecule has 1 unspecified atom stereocenters. The molecule has 6 nitrogen and oxygen atoms in total. The molecule has 1 amide bonds. The van der Waals surface area contributed by atoms with E-state index in [1.807, 2.05) is 6.92 Å². The van der Waals surface area contributed by atoms with Crippen molar-refractivity contribution in [2.24, 2.45) is 5.84 Å². The zero-order valence-corrected chi connectivity index (χ0v) is 10.4. The molecule has 1 rings (SSSR count). The second-order valence-electron chi connectivity index (χ2n) is 3.25. The summed E-state index contributed by atoms with van der Waals surface area (Å²) in [5, 5.41) is 2.67. The molecule has 1 aromatic heterocycles. The van der Waals surface area contributed by atoms with Crippen LogP contribution in [0.5, 0.6) is 0 Å². The van der Waals surface area contributed by atoms with E-state index in [9.17, 15) is 9.00 Å². The normalized spacial score (nSPS) is 11.9. The fourth-order valence-electron chi connectivity index (χ4n) is 1.22. The van der Waals surface area contributed by atoms with Crippen LogP contribution in [-0.4, -0.2) is 33.2 Å². The van der Waals surface area contributed by atoms with Gasteiger partial charge in [-0.2, -0.15) is 0 Å². The number of nitrogens with zero attached hydrogens (tertiary/aromatic N) is 1. The van der Waals surface area contributed by atoms with E-state index in [1.165, 1.54) is 12.4 Å². The monoisotopic (exact) mass is 256 g/mol. The number of amides is 1. The molecule has 1 aromatic rings. The van der Waals surface area contributed by atoms with E-state index >= 15 is 0 Å². The van der Waals surface area contributed by atoms with Crippen LogP contribution in [0.2, 0.25) is 0 Å². The average molecular weight is 256 g/mol. The van der Waals surface area contributed by atoms with Crippen molar-refractivity contribution in [1.29, 1.82) is 0 Å². The van der Waals surface area contributed by atoms with Crippen molar-refractivity contribution in [1.82, 2.24) is 10.3 Å². The number of carbonyl (C=O) groups is 1. The predicted octanol–water partition coefficient (Wildman–Crippen LogP) is -0.134. The highest BCUT2D eigenvalue weighted by Gasteiger charge is 2.10. The second-order valence-corrected chi connectivity index (χ2v) is 5.12. The zero-order chi connectivity index (χ0) is 12.7. The van der Waals surface area contributed by atoms with Crippen molar-refractivity contribution in [3.05, 3.63) is 24.0 Å². The van der Waals surface area contributed by atoms with Crippen LogP contribution in [0.4, 0.5) is 5.69 Å². The van der Waals surface area contributed by atoms with Gasteiger partial charge < -0.3 is 10.7 Å². The molecule has 1 atom stereocenters. The summed E-state index contributed by atoms with van der Waals surface area (Å²) < 4.78 is 11.2. The minimum absolute atomic E-state index is 0.279. The Kier molecular flexibility index (Phi) is 5.58. The number of anilines is 1. The van der Waals surface area contributed by atoms with Crippen molar-refractivity contribution >= 4 is 22.4 Å². The third kappa shape index (κ3) is 4.12. The molecule has 1 heterocycles. The van der Waals surface area contributed by atoms with Gasteiger partial charge in [0.1, 0.15) is 0 Å². The van der Waals surface area contributed by atoms with Gasteiger partial charge in [0.15, 0.2) is 0 Å². The molecule has 0 fully saturated rings. The number of hydrazine groups is 1. The predicted molar refractivity (Wildman–Crippen MR) is 67.9 cm³/mol. The Morgan fingerprint density at radius 1 is 1.59 bits per heavy atom. The summed E-state index contributed by atoms with van der Waals surface area (Å²) in [5.41, 5.74) is 3.31. The van der Waals surface area contributed by atoms with Crippen molar-refractivity contribution < 1.29 is 9.00 Å². The number of pyridine rings is 1. The Morgan fingerprint density at radius 3 is 3.00 bits per heavy atom. The average Bonchev–Trinajstić information content (AvgIpc) is 2.38. The SMILES string of the molecule is CCS(=O)CCNC(=O)c1cnccc1NN. The van der Waals surface area contributed by atoms with E-state index < -0.39 is 10.8 Å². The van der Waals surface area contributed by atoms with Gasteiger partial charge >= 0.3 is 0 Å². The van der Waals surface area contributed by atoms with Crippen LogP contribution in [-0.2, 0) is 10.8 Å². The first-order valence-electron chi connectivity index (χ1n) is 5.22. The first-order valence-corrected chi connectivity index (χ1v) is 6.71. The number of hydrogen-bond acceptors (Lipinski definition) is 5. The standard InChI is InChI=1S/C10H16N4O2S/c1-2-17(16)6-5-13-10(15)8-7-12-4-3-9(8)14-11/h3-4,7H,2,5-6,11H2,1H3,(H,12,14)(H,13,15). The molecule has 0 aliphatic rings. The molecule has 0 saturated carbocycles. The van der Waals surface area contributed by atoms with Crippen LogP contribution >= 0.6 is 0 Å². The van der Waals surface area contributed by atoms with Gasteiger partial charge in [-0.15, -0.1) is 0 Å². The summed E-state index contributed by atoms with van der Waals surface area (Å²) >= 11 is 0. The van der Waals surface area contributed by atoms with Crippen LogP contribution in [0.1, 0.15) is 17.3 Å². The Balaban J connectivity index is 2.55. The molecule has 0 aromatic carbocycles. The molecule has 17 heavy (non-hydrogen) atoms. The number of rotatable bonds is 6. The molecule has 7 heteroatoms. The Bertz CT molecular complexity index is 411. The van der Waals surface area contributed by atoms with Gasteiger partial charge in [0.05, 0.1) is 11.3 Å². The molecule has 0 radical (unpaired) electrons. The number of nitrogen functional groups attached to an aromatic ring is 1. The van der Waals surface area contributed by atoms with Crippen LogP contribution in [0.3, 0.4) is 0 Å². The number of hydrogen-bond donors (Lipinski definition) is 3. The van der Waals surface area contributed by atoms with Crippen molar-refractivity contribution in [3.8, 4) is 0 Å². The summed E-state index contributed by atoms with van der Waals surface area (Å²) in [6.45, 7) is 2.22. The van der Waals surface area contributed by atoms with E-state index in [0.717, 1.165) is 0 Å². The van der Waals surface area contributed by atoms with Gasteiger partial charge in [0.25, 0.3) is 5.91 Å². The highest BCUT2D eigenvalue weighted by molar-refractivity contribution is 7.84. The largest absolute Gasteiger partial charge is 0.351 e. The van der Waals surface area contributed by atoms with Crippen molar-refractivity contribution in [3.63, 3.8) is 0 Å². The third-order valence-corrected chi connectivity index (χ3v) is 3.46. The molecule has 0 spiro atoms. The second kappa shape index (κ2) is 6.97. The van der Waals surface area contributed by atoms with Crippen molar-refractivity contribution in [2.45, 2.75) is 6.92 Å². The zero-order valence-electron chi connectivity index (χ0n) is 9.60. The Hall–Kier alpha value is -1.47. The summed E-state index contributed by atoms with van der Waals surface area (Å²) in [4.78, 5) is 15.6. The van der Waals surface area contributed by atoms with Gasteiger partial charge in [0, 0.05) is 41.2 Å². The number of aromatic nitrogens is 1. The number of carbonyl (C=O) groups excluding carboxylic acids is 1. The first kappa shape index (κ1) is 13.6. The topological polar surface area (TPSA) is 97.1 Å². The molecule has 0 aliphatic heterocycles. The van der Waals surface area contributed by atoms with Gasteiger partial charge in [-0.05, 0) is 6.07 Å². The fourth-order valence-corrected chi connectivity index (χ4v) is 1.84. The Labute approximate surface area is 102 Å². The lowest BCUT2D eigenvalue weighted by Crippen LogP contribution is -2.29. The van der Waals surface area contributed by atoms with Gasteiger partial charge in [0.2, 0.25) is 0 Å². The maximum Gasteiger partial charge on any atom is 0.255 e. The van der Waals surface area contributed by atoms with Gasteiger partial charge in [-0.25, -0.2) is 0 Å². The molecular weight excluding hydrogens is 240 g/mol. The molecule has 0 saturated heterocycles. The van der Waals surface area contributed by atoms with E-state index in [0.29, 0.717) is 29.3 Å². The number of nitrogens with two attached hydrogens (primary N) is 1. The van der Waals surface area contributed by atoms with Gasteiger partial charge in [-0.3, -0.25) is 19.8 Å². The van der Waals surface area contributed by atoms with Crippen LogP contribution < -0.4 is 16.6 Å². The third-order valence-electron chi connectivity index (χ3n) is 2.16. The molecule has 0 aliphatic carbocycles. The van der Waals surface area contributed by atoms with Gasteiger partial charge in [-0.1, -0.05) is 6.92 Å². The lowest BCUT2D eigenvalue weighted by Gasteiger charge is -2.08. The van der Waals surface area contributed by atoms with Crippen LogP contribution in [0.25, 0.3) is 0 Å².